The van der Waals surface area contributed by atoms with Crippen LogP contribution in [-0.4, -0.2) is 11.1 Å². The summed E-state index contributed by atoms with van der Waals surface area (Å²) in [5.74, 6) is 0.888. The van der Waals surface area contributed by atoms with Crippen LogP contribution in [0.4, 0.5) is 0 Å². The lowest BCUT2D eigenvalue weighted by molar-refractivity contribution is -0.162. The van der Waals surface area contributed by atoms with Crippen molar-refractivity contribution in [3.8, 4) is 0 Å². The van der Waals surface area contributed by atoms with Crippen molar-refractivity contribution in [2.45, 2.75) is 66.2 Å². The van der Waals surface area contributed by atoms with E-state index in [2.05, 4.69) is 32.9 Å². The highest BCUT2D eigenvalue weighted by Gasteiger charge is 2.57. The van der Waals surface area contributed by atoms with Crippen LogP contribution in [0.1, 0.15) is 66.2 Å². The lowest BCUT2D eigenvalue weighted by atomic mass is 9.47. The van der Waals surface area contributed by atoms with Gasteiger partial charge in [-0.1, -0.05) is 44.9 Å². The van der Waals surface area contributed by atoms with E-state index in [-0.39, 0.29) is 11.3 Å². The number of allylic oxidation sites excluding steroid dienone is 4. The molecule has 0 bridgehead atoms. The van der Waals surface area contributed by atoms with E-state index >= 15 is 0 Å². The zero-order chi connectivity index (χ0) is 16.1. The van der Waals surface area contributed by atoms with Gasteiger partial charge in [-0.25, -0.2) is 0 Å². The first-order valence-corrected chi connectivity index (χ1v) is 8.93. The van der Waals surface area contributed by atoms with Crippen molar-refractivity contribution >= 4 is 5.97 Å². The quantitative estimate of drug-likeness (QED) is 0.760. The Morgan fingerprint density at radius 2 is 2.05 bits per heavy atom. The molecule has 0 heterocycles. The molecule has 0 amide bonds. The van der Waals surface area contributed by atoms with Crippen LogP contribution in [0.2, 0.25) is 0 Å². The summed E-state index contributed by atoms with van der Waals surface area (Å²) in [4.78, 5) is 11.9. The number of carboxylic acids is 1. The summed E-state index contributed by atoms with van der Waals surface area (Å²) < 4.78 is 0. The van der Waals surface area contributed by atoms with E-state index in [9.17, 15) is 9.90 Å². The Balaban J connectivity index is 2.00. The van der Waals surface area contributed by atoms with Gasteiger partial charge in [-0.05, 0) is 67.8 Å². The van der Waals surface area contributed by atoms with Crippen LogP contribution in [0.15, 0.2) is 23.3 Å². The van der Waals surface area contributed by atoms with Crippen LogP contribution >= 0.6 is 0 Å². The van der Waals surface area contributed by atoms with Crippen molar-refractivity contribution in [1.29, 1.82) is 0 Å². The molecule has 1 saturated carbocycles. The summed E-state index contributed by atoms with van der Waals surface area (Å²) in [6, 6.07) is 0. The number of aliphatic carboxylic acids is 1. The van der Waals surface area contributed by atoms with Crippen molar-refractivity contribution in [1.82, 2.24) is 0 Å². The van der Waals surface area contributed by atoms with Gasteiger partial charge < -0.3 is 5.11 Å². The van der Waals surface area contributed by atoms with E-state index in [1.165, 1.54) is 24.8 Å². The fraction of sp³-hybridized carbons (Fsp3) is 0.750. The summed E-state index contributed by atoms with van der Waals surface area (Å²) in [6.07, 6.45) is 11.2. The van der Waals surface area contributed by atoms with Gasteiger partial charge in [0.25, 0.3) is 0 Å². The first kappa shape index (κ1) is 15.8. The maximum absolute atomic E-state index is 11.9. The predicted octanol–water partition coefficient (Wildman–Crippen LogP) is 5.21. The monoisotopic (exact) mass is 302 g/mol. The van der Waals surface area contributed by atoms with E-state index < -0.39 is 11.4 Å². The molecule has 0 aromatic rings. The molecule has 2 nitrogen and oxygen atoms in total. The molecule has 3 rings (SSSR count). The zero-order valence-electron chi connectivity index (χ0n) is 14.5. The van der Waals surface area contributed by atoms with E-state index in [1.54, 1.807) is 5.57 Å². The Morgan fingerprint density at radius 1 is 1.32 bits per heavy atom. The normalized spacial score (nSPS) is 41.3. The van der Waals surface area contributed by atoms with Crippen molar-refractivity contribution in [3.05, 3.63) is 23.3 Å². The molecule has 0 aromatic carbocycles. The van der Waals surface area contributed by atoms with Crippen LogP contribution < -0.4 is 0 Å². The molecule has 2 heteroatoms. The molecular formula is C20H30O2. The average Bonchev–Trinajstić information content (AvgIpc) is 2.46. The predicted molar refractivity (Wildman–Crippen MR) is 89.5 cm³/mol. The van der Waals surface area contributed by atoms with E-state index in [4.69, 9.17) is 0 Å². The first-order chi connectivity index (χ1) is 10.3. The van der Waals surface area contributed by atoms with Gasteiger partial charge in [0, 0.05) is 0 Å². The van der Waals surface area contributed by atoms with Crippen molar-refractivity contribution < 1.29 is 9.90 Å². The molecule has 3 aliphatic rings. The molecule has 122 valence electrons. The van der Waals surface area contributed by atoms with Gasteiger partial charge in [0.05, 0.1) is 5.41 Å². The van der Waals surface area contributed by atoms with Gasteiger partial charge in [0.2, 0.25) is 0 Å². The minimum atomic E-state index is -0.588. The van der Waals surface area contributed by atoms with Crippen LogP contribution in [0.3, 0.4) is 0 Å². The molecule has 1 N–H and O–H groups in total. The van der Waals surface area contributed by atoms with Gasteiger partial charge in [-0.15, -0.1) is 0 Å². The SMILES string of the molecule is CC(C)C1=CC2=CCC3[C@](C)(C(=O)O)CCC[C@@]3(C)[C@@H]2CC1. The summed E-state index contributed by atoms with van der Waals surface area (Å²) in [5.41, 5.74) is 2.69. The van der Waals surface area contributed by atoms with Gasteiger partial charge in [-0.3, -0.25) is 4.79 Å². The lowest BCUT2D eigenvalue weighted by Crippen LogP contribution is -2.53. The fourth-order valence-electron chi connectivity index (χ4n) is 5.60. The molecular weight excluding hydrogens is 272 g/mol. The first-order valence-electron chi connectivity index (χ1n) is 8.93. The molecule has 1 unspecified atom stereocenters. The van der Waals surface area contributed by atoms with E-state index in [0.717, 1.165) is 19.3 Å². The van der Waals surface area contributed by atoms with Crippen molar-refractivity contribution in [2.75, 3.05) is 0 Å². The second-order valence-corrected chi connectivity index (χ2v) is 8.54. The number of hydrogen-bond donors (Lipinski definition) is 1. The minimum Gasteiger partial charge on any atom is -0.481 e. The second-order valence-electron chi connectivity index (χ2n) is 8.54. The van der Waals surface area contributed by atoms with Gasteiger partial charge in [0.1, 0.15) is 0 Å². The smallest absolute Gasteiger partial charge is 0.309 e. The largest absolute Gasteiger partial charge is 0.481 e. The Morgan fingerprint density at radius 3 is 2.68 bits per heavy atom. The molecule has 0 spiro atoms. The summed E-state index contributed by atoms with van der Waals surface area (Å²) >= 11 is 0. The van der Waals surface area contributed by atoms with Crippen LogP contribution in [0.5, 0.6) is 0 Å². The summed E-state index contributed by atoms with van der Waals surface area (Å²) in [5, 5.41) is 9.83. The number of hydrogen-bond acceptors (Lipinski definition) is 1. The van der Waals surface area contributed by atoms with Gasteiger partial charge in [0.15, 0.2) is 0 Å². The average molecular weight is 302 g/mol. The Hall–Kier alpha value is -1.05. The molecule has 0 saturated heterocycles. The number of carboxylic acid groups (broad SMARTS) is 1. The third-order valence-electron chi connectivity index (χ3n) is 7.07. The molecule has 0 aliphatic heterocycles. The molecule has 0 aromatic heterocycles. The van der Waals surface area contributed by atoms with Gasteiger partial charge in [-0.2, -0.15) is 0 Å². The highest BCUT2D eigenvalue weighted by Crippen LogP contribution is 2.62. The fourth-order valence-corrected chi connectivity index (χ4v) is 5.60. The Labute approximate surface area is 134 Å². The third kappa shape index (κ3) is 2.18. The summed E-state index contributed by atoms with van der Waals surface area (Å²) in [7, 11) is 0. The molecule has 0 radical (unpaired) electrons. The van der Waals surface area contributed by atoms with Crippen LogP contribution in [0, 0.1) is 28.6 Å². The standard InChI is InChI=1S/C20H30O2/c1-13(2)14-6-8-16-15(12-14)7-9-17-19(16,3)10-5-11-20(17,4)18(21)22/h7,12-13,16-17H,5-6,8-11H2,1-4H3,(H,21,22)/t16-,17?,19+,20-/m1/s1. The Bertz CT molecular complexity index is 542. The van der Waals surface area contributed by atoms with Crippen molar-refractivity contribution in [2.24, 2.45) is 28.6 Å². The molecule has 3 aliphatic carbocycles. The molecule has 1 fully saturated rings. The third-order valence-corrected chi connectivity index (χ3v) is 7.07. The second kappa shape index (κ2) is 5.25. The highest BCUT2D eigenvalue weighted by molar-refractivity contribution is 5.75. The van der Waals surface area contributed by atoms with Crippen LogP contribution in [0.25, 0.3) is 0 Å². The van der Waals surface area contributed by atoms with Gasteiger partial charge >= 0.3 is 5.97 Å². The van der Waals surface area contributed by atoms with Crippen LogP contribution in [-0.2, 0) is 4.79 Å². The maximum atomic E-state index is 11.9. The number of rotatable bonds is 2. The Kier molecular flexibility index (Phi) is 3.78. The van der Waals surface area contributed by atoms with Crippen molar-refractivity contribution in [3.63, 3.8) is 0 Å². The number of carbonyl (C=O) groups is 1. The highest BCUT2D eigenvalue weighted by atomic mass is 16.4. The summed E-state index contributed by atoms with van der Waals surface area (Å²) in [6.45, 7) is 8.93. The minimum absolute atomic E-state index is 0.161. The van der Waals surface area contributed by atoms with E-state index in [1.807, 2.05) is 6.92 Å². The molecule has 4 atom stereocenters. The maximum Gasteiger partial charge on any atom is 0.309 e. The van der Waals surface area contributed by atoms with E-state index in [0.29, 0.717) is 11.8 Å². The number of fused-ring (bicyclic) bond motifs is 3. The zero-order valence-corrected chi connectivity index (χ0v) is 14.5. The molecule has 22 heavy (non-hydrogen) atoms. The lowest BCUT2D eigenvalue weighted by Gasteiger charge is -2.57. The topological polar surface area (TPSA) is 37.3 Å².